The molecule has 0 spiro atoms. The maximum Gasteiger partial charge on any atom is 0.273 e. The summed E-state index contributed by atoms with van der Waals surface area (Å²) < 4.78 is 2.17. The van der Waals surface area contributed by atoms with Gasteiger partial charge in [-0.05, 0) is 54.4 Å². The van der Waals surface area contributed by atoms with Gasteiger partial charge in [0.15, 0.2) is 5.16 Å². The first kappa shape index (κ1) is 17.3. The molecule has 1 saturated carbocycles. The third-order valence-electron chi connectivity index (χ3n) is 4.65. The quantitative estimate of drug-likeness (QED) is 0.592. The molecule has 1 heterocycles. The third kappa shape index (κ3) is 3.75. The highest BCUT2D eigenvalue weighted by atomic mass is 32.2. The predicted molar refractivity (Wildman–Crippen MR) is 101 cm³/mol. The minimum Gasteiger partial charge on any atom is -0.324 e. The van der Waals surface area contributed by atoms with Crippen LogP contribution in [0, 0.1) is 13.8 Å². The highest BCUT2D eigenvalue weighted by molar-refractivity contribution is 7.98. The van der Waals surface area contributed by atoms with E-state index in [1.165, 1.54) is 35.1 Å². The summed E-state index contributed by atoms with van der Waals surface area (Å²) in [5.41, 5.74) is 5.39. The molecule has 0 bridgehead atoms. The molecule has 0 unspecified atom stereocenters. The lowest BCUT2D eigenvalue weighted by molar-refractivity contribution is 0.589. The number of hydrogen-bond donors (Lipinski definition) is 0. The first-order valence-electron chi connectivity index (χ1n) is 8.58. The molecule has 3 rings (SSSR count). The molecular weight excluding hydrogens is 316 g/mol. The van der Waals surface area contributed by atoms with Crippen molar-refractivity contribution in [3.05, 3.63) is 57.0 Å². The summed E-state index contributed by atoms with van der Waals surface area (Å²) in [5.74, 6) is 0.852. The topological polar surface area (TPSA) is 34.9 Å². The van der Waals surface area contributed by atoms with Crippen LogP contribution in [0.5, 0.6) is 0 Å². The number of aromatic nitrogens is 2. The van der Waals surface area contributed by atoms with Crippen LogP contribution < -0.4 is 5.56 Å². The largest absolute Gasteiger partial charge is 0.324 e. The van der Waals surface area contributed by atoms with E-state index in [-0.39, 0.29) is 11.0 Å². The van der Waals surface area contributed by atoms with Crippen LogP contribution in [-0.4, -0.2) is 9.55 Å². The van der Waals surface area contributed by atoms with Gasteiger partial charge in [0.2, 0.25) is 0 Å². The molecule has 0 N–H and O–H groups in total. The van der Waals surface area contributed by atoms with E-state index < -0.39 is 0 Å². The highest BCUT2D eigenvalue weighted by Gasteiger charge is 2.25. The maximum absolute atomic E-state index is 11.6. The molecule has 1 aromatic carbocycles. The summed E-state index contributed by atoms with van der Waals surface area (Å²) in [6.45, 7) is 11.1. The molecule has 1 aliphatic rings. The molecule has 24 heavy (non-hydrogen) atoms. The molecule has 1 aromatic heterocycles. The van der Waals surface area contributed by atoms with Crippen LogP contribution in [-0.2, 0) is 11.2 Å². The lowest BCUT2D eigenvalue weighted by Gasteiger charge is -2.22. The number of thioether (sulfide) groups is 1. The standard InChI is InChI=1S/C20H26N2OS/c1-13-10-15(20(3,4)5)11-14(2)17(13)12-24-19-21-18(23)8-9-22(19)16-6-7-16/h8-11,16H,6-7,12H2,1-5H3. The van der Waals surface area contributed by atoms with Crippen LogP contribution in [0.25, 0.3) is 0 Å². The molecule has 128 valence electrons. The fraction of sp³-hybridized carbons (Fsp3) is 0.500. The van der Waals surface area contributed by atoms with E-state index in [0.717, 1.165) is 10.9 Å². The van der Waals surface area contributed by atoms with Crippen LogP contribution >= 0.6 is 11.8 Å². The van der Waals surface area contributed by atoms with E-state index in [2.05, 4.69) is 56.3 Å². The first-order valence-corrected chi connectivity index (χ1v) is 9.57. The molecule has 4 heteroatoms. The van der Waals surface area contributed by atoms with Gasteiger partial charge in [-0.3, -0.25) is 4.79 Å². The molecule has 3 nitrogen and oxygen atoms in total. The Morgan fingerprint density at radius 1 is 1.21 bits per heavy atom. The summed E-state index contributed by atoms with van der Waals surface area (Å²) in [6.07, 6.45) is 4.28. The average molecular weight is 343 g/mol. The van der Waals surface area contributed by atoms with Gasteiger partial charge >= 0.3 is 0 Å². The zero-order chi connectivity index (χ0) is 17.5. The Hall–Kier alpha value is -1.55. The molecule has 1 fully saturated rings. The lowest BCUT2D eigenvalue weighted by Crippen LogP contribution is -2.13. The minimum atomic E-state index is -0.147. The van der Waals surface area contributed by atoms with Crippen molar-refractivity contribution >= 4 is 11.8 Å². The number of nitrogens with zero attached hydrogens (tertiary/aromatic N) is 2. The second-order valence-corrected chi connectivity index (χ2v) is 8.76. The minimum absolute atomic E-state index is 0.147. The molecule has 0 amide bonds. The summed E-state index contributed by atoms with van der Waals surface area (Å²) in [7, 11) is 0. The van der Waals surface area contributed by atoms with Gasteiger partial charge in [0.05, 0.1) is 0 Å². The van der Waals surface area contributed by atoms with Gasteiger partial charge < -0.3 is 4.57 Å². The number of aryl methyl sites for hydroxylation is 2. The van der Waals surface area contributed by atoms with Crippen molar-refractivity contribution in [2.24, 2.45) is 0 Å². The molecular formula is C20H26N2OS. The Morgan fingerprint density at radius 3 is 2.38 bits per heavy atom. The molecule has 0 radical (unpaired) electrons. The van der Waals surface area contributed by atoms with Crippen molar-refractivity contribution in [3.8, 4) is 0 Å². The number of benzene rings is 1. The second kappa shape index (κ2) is 6.40. The van der Waals surface area contributed by atoms with Crippen LogP contribution in [0.15, 0.2) is 34.3 Å². The van der Waals surface area contributed by atoms with Crippen LogP contribution in [0.1, 0.15) is 61.9 Å². The lowest BCUT2D eigenvalue weighted by atomic mass is 9.84. The van der Waals surface area contributed by atoms with Crippen molar-refractivity contribution < 1.29 is 0 Å². The summed E-state index contributed by atoms with van der Waals surface area (Å²) in [5, 5.41) is 0.851. The van der Waals surface area contributed by atoms with E-state index in [9.17, 15) is 4.79 Å². The summed E-state index contributed by atoms with van der Waals surface area (Å²) in [4.78, 5) is 15.9. The summed E-state index contributed by atoms with van der Waals surface area (Å²) in [6, 6.07) is 6.70. The van der Waals surface area contributed by atoms with Crippen LogP contribution in [0.3, 0.4) is 0 Å². The molecule has 2 aromatic rings. The van der Waals surface area contributed by atoms with E-state index >= 15 is 0 Å². The summed E-state index contributed by atoms with van der Waals surface area (Å²) >= 11 is 1.68. The van der Waals surface area contributed by atoms with Gasteiger partial charge in [-0.25, -0.2) is 0 Å². The van der Waals surface area contributed by atoms with E-state index in [1.54, 1.807) is 17.8 Å². The van der Waals surface area contributed by atoms with Gasteiger partial charge in [0.1, 0.15) is 0 Å². The van der Waals surface area contributed by atoms with Gasteiger partial charge in [-0.2, -0.15) is 4.98 Å². The Kier molecular flexibility index (Phi) is 4.60. The monoisotopic (exact) mass is 342 g/mol. The predicted octanol–water partition coefficient (Wildman–Crippen LogP) is 4.78. The van der Waals surface area contributed by atoms with Gasteiger partial charge in [-0.1, -0.05) is 44.7 Å². The Balaban J connectivity index is 1.85. The zero-order valence-electron chi connectivity index (χ0n) is 15.2. The molecule has 0 atom stereocenters. The van der Waals surface area contributed by atoms with Crippen molar-refractivity contribution in [1.29, 1.82) is 0 Å². The fourth-order valence-electron chi connectivity index (χ4n) is 2.93. The Labute approximate surface area is 148 Å². The smallest absolute Gasteiger partial charge is 0.273 e. The van der Waals surface area contributed by atoms with Crippen LogP contribution in [0.2, 0.25) is 0 Å². The van der Waals surface area contributed by atoms with Crippen molar-refractivity contribution in [3.63, 3.8) is 0 Å². The molecule has 1 aliphatic carbocycles. The van der Waals surface area contributed by atoms with E-state index in [1.807, 2.05) is 6.20 Å². The zero-order valence-corrected chi connectivity index (χ0v) is 16.0. The van der Waals surface area contributed by atoms with Crippen molar-refractivity contribution in [1.82, 2.24) is 9.55 Å². The maximum atomic E-state index is 11.6. The number of rotatable bonds is 4. The fourth-order valence-corrected chi connectivity index (χ4v) is 4.17. The van der Waals surface area contributed by atoms with Crippen LogP contribution in [0.4, 0.5) is 0 Å². The average Bonchev–Trinajstić information content (AvgIpc) is 3.30. The number of hydrogen-bond acceptors (Lipinski definition) is 3. The second-order valence-electron chi connectivity index (χ2n) is 7.81. The Bertz CT molecular complexity index is 790. The van der Waals surface area contributed by atoms with Gasteiger partial charge in [-0.15, -0.1) is 0 Å². The normalized spacial score (nSPS) is 14.9. The highest BCUT2D eigenvalue weighted by Crippen LogP contribution is 2.38. The molecule has 0 aliphatic heterocycles. The SMILES string of the molecule is Cc1cc(C(C)(C)C)cc(C)c1CSc1nc(=O)ccn1C1CC1. The van der Waals surface area contributed by atoms with Crippen molar-refractivity contribution in [2.75, 3.05) is 0 Å². The van der Waals surface area contributed by atoms with Gasteiger partial charge in [0, 0.05) is 24.1 Å². The van der Waals surface area contributed by atoms with Crippen molar-refractivity contribution in [2.45, 2.75) is 69.8 Å². The van der Waals surface area contributed by atoms with E-state index in [0.29, 0.717) is 6.04 Å². The first-order chi connectivity index (χ1) is 11.3. The van der Waals surface area contributed by atoms with Gasteiger partial charge in [0.25, 0.3) is 5.56 Å². The Morgan fingerprint density at radius 2 is 1.83 bits per heavy atom. The third-order valence-corrected chi connectivity index (χ3v) is 5.65. The van der Waals surface area contributed by atoms with E-state index in [4.69, 9.17) is 0 Å². The molecule has 0 saturated heterocycles.